The minimum absolute atomic E-state index is 0.0438. The van der Waals surface area contributed by atoms with E-state index in [1.165, 1.54) is 10.6 Å². The highest BCUT2D eigenvalue weighted by atomic mass is 79.9. The lowest BCUT2D eigenvalue weighted by Gasteiger charge is -2.53. The SMILES string of the molecule is CC(C)(C)C(OP(=O)(O)O)(n1cc(-c2ccn(Cc3cccc(Br)c3F)c(=O)c2)c2cc(N3CCOCC3)cnc21)C(C)(C)C. The Morgan fingerprint density at radius 2 is 1.73 bits per heavy atom. The van der Waals surface area contributed by atoms with E-state index in [0.717, 1.165) is 5.69 Å². The summed E-state index contributed by atoms with van der Waals surface area (Å²) in [5, 5.41) is 0.682. The molecule has 0 radical (unpaired) electrons. The first kappa shape index (κ1) is 33.5. The van der Waals surface area contributed by atoms with Crippen LogP contribution in [0.25, 0.3) is 22.2 Å². The van der Waals surface area contributed by atoms with Gasteiger partial charge in [0, 0.05) is 58.9 Å². The van der Waals surface area contributed by atoms with E-state index in [2.05, 4.69) is 20.8 Å². The van der Waals surface area contributed by atoms with Crippen LogP contribution in [-0.2, 0) is 26.1 Å². The molecule has 45 heavy (non-hydrogen) atoms. The van der Waals surface area contributed by atoms with Crippen molar-refractivity contribution >= 4 is 40.5 Å². The van der Waals surface area contributed by atoms with Crippen LogP contribution in [-0.4, -0.2) is 50.2 Å². The van der Waals surface area contributed by atoms with E-state index in [9.17, 15) is 23.5 Å². The topological polar surface area (TPSA) is 119 Å². The highest BCUT2D eigenvalue weighted by Gasteiger charge is 2.57. The molecule has 13 heteroatoms. The number of rotatable bonds is 7. The molecule has 0 aliphatic carbocycles. The number of ether oxygens (including phenoxy) is 1. The number of hydrogen-bond acceptors (Lipinski definition) is 6. The molecule has 1 aliphatic heterocycles. The van der Waals surface area contributed by atoms with Gasteiger partial charge in [0.15, 0.2) is 5.72 Å². The largest absolute Gasteiger partial charge is 0.471 e. The van der Waals surface area contributed by atoms with Crippen molar-refractivity contribution in [3.8, 4) is 11.1 Å². The number of phosphoric acid groups is 1. The second kappa shape index (κ2) is 12.1. The monoisotopic (exact) mass is 704 g/mol. The number of morpholine rings is 1. The molecule has 1 fully saturated rings. The average molecular weight is 706 g/mol. The van der Waals surface area contributed by atoms with Gasteiger partial charge in [-0.3, -0.25) is 9.32 Å². The van der Waals surface area contributed by atoms with Crippen molar-refractivity contribution in [2.45, 2.75) is 53.8 Å². The first-order valence-corrected chi connectivity index (χ1v) is 17.0. The molecule has 0 spiro atoms. The molecule has 2 N–H and O–H groups in total. The fourth-order valence-electron chi connectivity index (χ4n) is 6.56. The van der Waals surface area contributed by atoms with Crippen molar-refractivity contribution in [3.63, 3.8) is 0 Å². The normalized spacial score (nSPS) is 15.2. The van der Waals surface area contributed by atoms with Gasteiger partial charge in [-0.1, -0.05) is 53.7 Å². The number of fused-ring (bicyclic) bond motifs is 1. The summed E-state index contributed by atoms with van der Waals surface area (Å²) in [5.74, 6) is -0.427. The number of pyridine rings is 2. The summed E-state index contributed by atoms with van der Waals surface area (Å²) in [7, 11) is -5.03. The van der Waals surface area contributed by atoms with E-state index in [1.807, 2.05) is 47.6 Å². The van der Waals surface area contributed by atoms with Gasteiger partial charge < -0.3 is 28.6 Å². The molecule has 0 amide bonds. The Morgan fingerprint density at radius 1 is 1.07 bits per heavy atom. The second-order valence-electron chi connectivity index (χ2n) is 13.4. The molecule has 0 bridgehead atoms. The van der Waals surface area contributed by atoms with Crippen LogP contribution < -0.4 is 10.5 Å². The molecule has 0 unspecified atom stereocenters. The lowest BCUT2D eigenvalue weighted by atomic mass is 9.68. The third-order valence-corrected chi connectivity index (χ3v) is 9.42. The van der Waals surface area contributed by atoms with E-state index in [0.29, 0.717) is 58.5 Å². The number of benzene rings is 1. The summed E-state index contributed by atoms with van der Waals surface area (Å²) in [4.78, 5) is 40.9. The maximum atomic E-state index is 14.7. The van der Waals surface area contributed by atoms with Gasteiger partial charge >= 0.3 is 7.82 Å². The summed E-state index contributed by atoms with van der Waals surface area (Å²) in [6, 6.07) is 10.2. The summed E-state index contributed by atoms with van der Waals surface area (Å²) < 4.78 is 42.1. The van der Waals surface area contributed by atoms with E-state index in [-0.39, 0.29) is 12.1 Å². The van der Waals surface area contributed by atoms with Crippen molar-refractivity contribution in [2.75, 3.05) is 31.2 Å². The van der Waals surface area contributed by atoms with Gasteiger partial charge in [-0.2, -0.15) is 0 Å². The zero-order valence-corrected chi connectivity index (χ0v) is 28.7. The number of halogens is 2. The lowest BCUT2D eigenvalue weighted by Crippen LogP contribution is -2.56. The van der Waals surface area contributed by atoms with Gasteiger partial charge in [0.2, 0.25) is 0 Å². The Bertz CT molecular complexity index is 1820. The maximum absolute atomic E-state index is 14.7. The first-order chi connectivity index (χ1) is 20.9. The Labute approximate surface area is 270 Å². The highest BCUT2D eigenvalue weighted by molar-refractivity contribution is 9.10. The minimum Gasteiger partial charge on any atom is -0.378 e. The van der Waals surface area contributed by atoms with Gasteiger partial charge in [0.25, 0.3) is 5.56 Å². The van der Waals surface area contributed by atoms with Gasteiger partial charge in [-0.15, -0.1) is 0 Å². The Balaban J connectivity index is 1.74. The van der Waals surface area contributed by atoms with Crippen molar-refractivity contribution in [1.82, 2.24) is 14.1 Å². The first-order valence-electron chi connectivity index (χ1n) is 14.7. The minimum atomic E-state index is -5.03. The number of nitrogens with zero attached hydrogens (tertiary/aromatic N) is 4. The van der Waals surface area contributed by atoms with Crippen molar-refractivity contribution in [2.24, 2.45) is 10.8 Å². The third-order valence-electron chi connectivity index (χ3n) is 8.31. The van der Waals surface area contributed by atoms with Gasteiger partial charge in [-0.05, 0) is 39.7 Å². The van der Waals surface area contributed by atoms with Crippen LogP contribution in [0.15, 0.2) is 64.3 Å². The van der Waals surface area contributed by atoms with Crippen LogP contribution in [0.4, 0.5) is 10.1 Å². The molecular weight excluding hydrogens is 666 g/mol. The molecule has 1 saturated heterocycles. The number of anilines is 1. The maximum Gasteiger partial charge on any atom is 0.471 e. The quantitative estimate of drug-likeness (QED) is 0.209. The molecule has 0 saturated carbocycles. The molecule has 242 valence electrons. The average Bonchev–Trinajstić information content (AvgIpc) is 3.33. The van der Waals surface area contributed by atoms with Crippen LogP contribution in [0.1, 0.15) is 47.1 Å². The molecular formula is C32H39BrFN4O6P. The molecule has 10 nitrogen and oxygen atoms in total. The van der Waals surface area contributed by atoms with E-state index in [1.54, 1.807) is 47.4 Å². The molecule has 4 heterocycles. The second-order valence-corrected chi connectivity index (χ2v) is 15.4. The van der Waals surface area contributed by atoms with Gasteiger partial charge in [0.05, 0.1) is 36.1 Å². The van der Waals surface area contributed by atoms with Gasteiger partial charge in [0.1, 0.15) is 11.5 Å². The zero-order valence-electron chi connectivity index (χ0n) is 26.3. The Kier molecular flexibility index (Phi) is 8.98. The van der Waals surface area contributed by atoms with Crippen molar-refractivity contribution in [3.05, 3.63) is 81.2 Å². The predicted octanol–water partition coefficient (Wildman–Crippen LogP) is 6.51. The molecule has 5 rings (SSSR count). The fourth-order valence-corrected chi connectivity index (χ4v) is 7.95. The Hall–Kier alpha value is -2.86. The molecule has 1 aromatic carbocycles. The van der Waals surface area contributed by atoms with Crippen molar-refractivity contribution in [1.29, 1.82) is 0 Å². The number of hydrogen-bond donors (Lipinski definition) is 2. The molecule has 4 aromatic rings. The smallest absolute Gasteiger partial charge is 0.378 e. The lowest BCUT2D eigenvalue weighted by molar-refractivity contribution is -0.188. The summed E-state index contributed by atoms with van der Waals surface area (Å²) in [6.45, 7) is 13.8. The summed E-state index contributed by atoms with van der Waals surface area (Å²) in [5.41, 5.74) is -0.747. The standard InChI is InChI=1S/C32H39BrFN4O6P/c1-30(2,3)32(31(4,5)6,44-45(40,41)42)38-20-25(24-17-23(18-35-29(24)38)36-12-14-43-15-13-36)21-10-11-37(27(39)16-21)19-22-8-7-9-26(33)28(22)34/h7-11,16-18,20H,12-15,19H2,1-6H3,(H2,40,41,42). The molecule has 1 aliphatic rings. The van der Waals surface area contributed by atoms with Gasteiger partial charge in [-0.25, -0.2) is 13.9 Å². The molecule has 0 atom stereocenters. The highest BCUT2D eigenvalue weighted by Crippen LogP contribution is 2.59. The van der Waals surface area contributed by atoms with E-state index < -0.39 is 30.2 Å². The van der Waals surface area contributed by atoms with E-state index in [4.69, 9.17) is 14.2 Å². The van der Waals surface area contributed by atoms with Crippen LogP contribution in [0.5, 0.6) is 0 Å². The fraction of sp³-hybridized carbons (Fsp3) is 0.438. The number of phosphoric ester groups is 1. The summed E-state index contributed by atoms with van der Waals surface area (Å²) >= 11 is 3.20. The third kappa shape index (κ3) is 6.41. The Morgan fingerprint density at radius 3 is 2.33 bits per heavy atom. The van der Waals surface area contributed by atoms with Crippen molar-refractivity contribution < 1.29 is 28.0 Å². The van der Waals surface area contributed by atoms with Crippen LogP contribution in [0.2, 0.25) is 0 Å². The summed E-state index contributed by atoms with van der Waals surface area (Å²) in [6.07, 6.45) is 5.12. The van der Waals surface area contributed by atoms with Crippen LogP contribution in [0.3, 0.4) is 0 Å². The predicted molar refractivity (Wildman–Crippen MR) is 176 cm³/mol. The molecule has 3 aromatic heterocycles. The number of aromatic nitrogens is 3. The van der Waals surface area contributed by atoms with E-state index >= 15 is 0 Å². The zero-order chi connectivity index (χ0) is 32.9. The van der Waals surface area contributed by atoms with Crippen LogP contribution >= 0.6 is 23.8 Å². The van der Waals surface area contributed by atoms with Crippen LogP contribution in [0, 0.1) is 16.6 Å².